The van der Waals surface area contributed by atoms with Gasteiger partial charge in [-0.15, -0.1) is 0 Å². The van der Waals surface area contributed by atoms with Crippen LogP contribution in [0.4, 0.5) is 0 Å². The minimum Gasteiger partial charge on any atom is -0.256 e. The highest BCUT2D eigenvalue weighted by Gasteiger charge is 2.19. The lowest BCUT2D eigenvalue weighted by molar-refractivity contribution is 1.30. The zero-order chi connectivity index (χ0) is 13.3. The largest absolute Gasteiger partial charge is 0.256 e. The molecule has 1 nitrogen and oxygen atoms in total. The molecule has 94 valence electrons. The van der Waals surface area contributed by atoms with Gasteiger partial charge in [-0.2, -0.15) is 0 Å². The van der Waals surface area contributed by atoms with E-state index in [-0.39, 0.29) is 0 Å². The van der Waals surface area contributed by atoms with Crippen molar-refractivity contribution in [2.45, 2.75) is 26.6 Å². The molecule has 0 aliphatic heterocycles. The van der Waals surface area contributed by atoms with E-state index in [0.29, 0.717) is 0 Å². The fraction of sp³-hybridized carbons (Fsp3) is 0.267. The number of halogens is 1. The van der Waals surface area contributed by atoms with Crippen molar-refractivity contribution in [3.63, 3.8) is 0 Å². The molecule has 2 aromatic rings. The Morgan fingerprint density at radius 3 is 2.39 bits per heavy atom. The third kappa shape index (κ3) is 2.90. The number of hydrogen-bond donors (Lipinski definition) is 0. The van der Waals surface area contributed by atoms with E-state index < -0.39 is 8.07 Å². The van der Waals surface area contributed by atoms with E-state index >= 15 is 0 Å². The van der Waals surface area contributed by atoms with E-state index in [1.807, 2.05) is 12.1 Å². The Bertz CT molecular complexity index is 573. The number of benzene rings is 1. The van der Waals surface area contributed by atoms with E-state index in [1.54, 1.807) is 0 Å². The first-order chi connectivity index (χ1) is 8.38. The second-order valence-corrected chi connectivity index (χ2v) is 11.6. The second-order valence-electron chi connectivity index (χ2n) is 5.64. The van der Waals surface area contributed by atoms with Gasteiger partial charge in [-0.25, -0.2) is 0 Å². The standard InChI is InChI=1S/C15H18BrNSi/c1-11-8-14(12-6-5-7-13(16)9-12)17-10-15(11)18(2,3)4/h5-10H,1-4H3. The molecule has 0 radical (unpaired) electrons. The Kier molecular flexibility index (Phi) is 3.73. The molecule has 0 saturated carbocycles. The fourth-order valence-corrected chi connectivity index (χ4v) is 4.25. The molecule has 1 heterocycles. The number of hydrogen-bond acceptors (Lipinski definition) is 1. The Morgan fingerprint density at radius 1 is 1.11 bits per heavy atom. The number of aryl methyl sites for hydroxylation is 1. The normalized spacial score (nSPS) is 11.6. The highest BCUT2D eigenvalue weighted by atomic mass is 79.9. The molecule has 3 heteroatoms. The Morgan fingerprint density at radius 2 is 1.83 bits per heavy atom. The average molecular weight is 320 g/mol. The maximum atomic E-state index is 4.63. The quantitative estimate of drug-likeness (QED) is 0.749. The molecule has 0 spiro atoms. The van der Waals surface area contributed by atoms with Crippen LogP contribution in [0, 0.1) is 6.92 Å². The highest BCUT2D eigenvalue weighted by Crippen LogP contribution is 2.22. The maximum absolute atomic E-state index is 4.63. The van der Waals surface area contributed by atoms with E-state index in [2.05, 4.69) is 71.9 Å². The van der Waals surface area contributed by atoms with Crippen LogP contribution in [0.25, 0.3) is 11.3 Å². The van der Waals surface area contributed by atoms with Crippen LogP contribution < -0.4 is 5.19 Å². The molecule has 0 bridgehead atoms. The summed E-state index contributed by atoms with van der Waals surface area (Å²) >= 11 is 3.50. The summed E-state index contributed by atoms with van der Waals surface area (Å²) in [5.74, 6) is 0. The SMILES string of the molecule is Cc1cc(-c2cccc(Br)c2)ncc1[Si](C)(C)C. The van der Waals surface area contributed by atoms with Crippen LogP contribution in [-0.4, -0.2) is 13.1 Å². The van der Waals surface area contributed by atoms with Crippen LogP contribution in [0.15, 0.2) is 41.0 Å². The van der Waals surface area contributed by atoms with Gasteiger partial charge in [0.25, 0.3) is 0 Å². The molecule has 2 rings (SSSR count). The zero-order valence-electron chi connectivity index (χ0n) is 11.3. The number of nitrogens with zero attached hydrogens (tertiary/aromatic N) is 1. The number of rotatable bonds is 2. The maximum Gasteiger partial charge on any atom is 0.0799 e. The van der Waals surface area contributed by atoms with Crippen LogP contribution in [0.1, 0.15) is 5.56 Å². The van der Waals surface area contributed by atoms with E-state index in [0.717, 1.165) is 15.7 Å². The molecule has 1 aromatic heterocycles. The van der Waals surface area contributed by atoms with Crippen molar-refractivity contribution in [2.75, 3.05) is 0 Å². The molecule has 0 aliphatic carbocycles. The van der Waals surface area contributed by atoms with E-state index in [9.17, 15) is 0 Å². The highest BCUT2D eigenvalue weighted by molar-refractivity contribution is 9.10. The van der Waals surface area contributed by atoms with Gasteiger partial charge in [0.05, 0.1) is 13.8 Å². The van der Waals surface area contributed by atoms with Gasteiger partial charge in [-0.05, 0) is 35.9 Å². The molecule has 0 atom stereocenters. The third-order valence-corrected chi connectivity index (χ3v) is 5.67. The van der Waals surface area contributed by atoms with Gasteiger partial charge in [0, 0.05) is 16.2 Å². The van der Waals surface area contributed by atoms with Crippen LogP contribution >= 0.6 is 15.9 Å². The summed E-state index contributed by atoms with van der Waals surface area (Å²) in [6.07, 6.45) is 2.07. The van der Waals surface area contributed by atoms with Crippen LogP contribution in [0.5, 0.6) is 0 Å². The molecule has 0 amide bonds. The average Bonchev–Trinajstić information content (AvgIpc) is 2.27. The fourth-order valence-electron chi connectivity index (χ4n) is 2.15. The smallest absolute Gasteiger partial charge is 0.0799 e. The van der Waals surface area contributed by atoms with Gasteiger partial charge in [-0.3, -0.25) is 4.98 Å². The van der Waals surface area contributed by atoms with Crippen molar-refractivity contribution < 1.29 is 0 Å². The molecule has 18 heavy (non-hydrogen) atoms. The van der Waals surface area contributed by atoms with E-state index in [1.165, 1.54) is 10.8 Å². The number of pyridine rings is 1. The summed E-state index contributed by atoms with van der Waals surface area (Å²) in [4.78, 5) is 4.63. The van der Waals surface area contributed by atoms with Gasteiger partial charge in [0.15, 0.2) is 0 Å². The monoisotopic (exact) mass is 319 g/mol. The van der Waals surface area contributed by atoms with Crippen molar-refractivity contribution in [3.05, 3.63) is 46.6 Å². The van der Waals surface area contributed by atoms with Crippen molar-refractivity contribution in [2.24, 2.45) is 0 Å². The molecule has 0 aliphatic rings. The van der Waals surface area contributed by atoms with Gasteiger partial charge in [0.1, 0.15) is 0 Å². The van der Waals surface area contributed by atoms with Crippen molar-refractivity contribution in [3.8, 4) is 11.3 Å². The van der Waals surface area contributed by atoms with E-state index in [4.69, 9.17) is 0 Å². The molecule has 0 fully saturated rings. The molecule has 0 N–H and O–H groups in total. The van der Waals surface area contributed by atoms with Crippen molar-refractivity contribution in [1.82, 2.24) is 4.98 Å². The predicted molar refractivity (Wildman–Crippen MR) is 85.1 cm³/mol. The molecular weight excluding hydrogens is 302 g/mol. The summed E-state index contributed by atoms with van der Waals surface area (Å²) < 4.78 is 1.09. The summed E-state index contributed by atoms with van der Waals surface area (Å²) in [6, 6.07) is 10.5. The Balaban J connectivity index is 2.47. The van der Waals surface area contributed by atoms with Gasteiger partial charge < -0.3 is 0 Å². The van der Waals surface area contributed by atoms with Crippen molar-refractivity contribution in [1.29, 1.82) is 0 Å². The first kappa shape index (κ1) is 13.5. The summed E-state index contributed by atoms with van der Waals surface area (Å²) in [5.41, 5.74) is 3.57. The van der Waals surface area contributed by atoms with Gasteiger partial charge in [0.2, 0.25) is 0 Å². The summed E-state index contributed by atoms with van der Waals surface area (Å²) in [7, 11) is -1.28. The lowest BCUT2D eigenvalue weighted by atomic mass is 10.1. The van der Waals surface area contributed by atoms with Crippen LogP contribution in [0.2, 0.25) is 19.6 Å². The lowest BCUT2D eigenvalue weighted by Crippen LogP contribution is -2.39. The Hall–Kier alpha value is -0.933. The van der Waals surface area contributed by atoms with Gasteiger partial charge in [-0.1, -0.05) is 47.7 Å². The third-order valence-electron chi connectivity index (χ3n) is 3.04. The first-order valence-electron chi connectivity index (χ1n) is 6.11. The zero-order valence-corrected chi connectivity index (χ0v) is 13.9. The number of aromatic nitrogens is 1. The van der Waals surface area contributed by atoms with Gasteiger partial charge >= 0.3 is 0 Å². The summed E-state index contributed by atoms with van der Waals surface area (Å²) in [5, 5.41) is 1.45. The lowest BCUT2D eigenvalue weighted by Gasteiger charge is -2.19. The molecule has 0 unspecified atom stereocenters. The van der Waals surface area contributed by atoms with Crippen molar-refractivity contribution >= 4 is 29.2 Å². The second kappa shape index (κ2) is 4.98. The van der Waals surface area contributed by atoms with Crippen LogP contribution in [-0.2, 0) is 0 Å². The predicted octanol–water partition coefficient (Wildman–Crippen LogP) is 4.36. The first-order valence-corrected chi connectivity index (χ1v) is 10.4. The Labute approximate surface area is 118 Å². The minimum absolute atomic E-state index is 1.05. The summed E-state index contributed by atoms with van der Waals surface area (Å²) in [6.45, 7) is 9.26. The van der Waals surface area contributed by atoms with Crippen LogP contribution in [0.3, 0.4) is 0 Å². The molecule has 0 saturated heterocycles. The molecular formula is C15H18BrNSi. The topological polar surface area (TPSA) is 12.9 Å². The minimum atomic E-state index is -1.28. The molecule has 1 aromatic carbocycles.